The zero-order chi connectivity index (χ0) is 15.5. The van der Waals surface area contributed by atoms with Crippen molar-refractivity contribution in [2.24, 2.45) is 11.7 Å². The molecule has 1 saturated carbocycles. The van der Waals surface area contributed by atoms with Gasteiger partial charge in [-0.15, -0.1) is 0 Å². The predicted octanol–water partition coefficient (Wildman–Crippen LogP) is 2.79. The molecule has 118 valence electrons. The number of para-hydroxylation sites is 1. The molecule has 4 nitrogen and oxygen atoms in total. The number of nitrogens with two attached hydrogens (primary N) is 1. The van der Waals surface area contributed by atoms with Crippen LogP contribution in [0.1, 0.15) is 50.5 Å². The lowest BCUT2D eigenvalue weighted by atomic mass is 9.86. The highest BCUT2D eigenvalue weighted by atomic mass is 16.2. The fraction of sp³-hybridized carbons (Fsp3) is 0.556. The van der Waals surface area contributed by atoms with Crippen molar-refractivity contribution in [2.45, 2.75) is 57.4 Å². The Bertz CT molecular complexity index is 564. The molecule has 2 aliphatic rings. The summed E-state index contributed by atoms with van der Waals surface area (Å²) in [5.74, 6) is 0.295. The monoisotopic (exact) mass is 300 g/mol. The van der Waals surface area contributed by atoms with Gasteiger partial charge >= 0.3 is 0 Å². The van der Waals surface area contributed by atoms with Crippen molar-refractivity contribution in [3.8, 4) is 0 Å². The Morgan fingerprint density at radius 3 is 2.59 bits per heavy atom. The third-order valence-corrected chi connectivity index (χ3v) is 5.06. The first kappa shape index (κ1) is 15.1. The van der Waals surface area contributed by atoms with Crippen LogP contribution in [0.2, 0.25) is 0 Å². The highest BCUT2D eigenvalue weighted by molar-refractivity contribution is 6.03. The van der Waals surface area contributed by atoms with Crippen LogP contribution in [-0.4, -0.2) is 17.9 Å². The molecule has 1 fully saturated rings. The maximum absolute atomic E-state index is 12.7. The molecule has 0 spiro atoms. The number of anilines is 1. The van der Waals surface area contributed by atoms with E-state index in [0.29, 0.717) is 18.8 Å². The maximum Gasteiger partial charge on any atom is 0.240 e. The van der Waals surface area contributed by atoms with Gasteiger partial charge in [-0.3, -0.25) is 14.5 Å². The van der Waals surface area contributed by atoms with Gasteiger partial charge in [0.15, 0.2) is 0 Å². The van der Waals surface area contributed by atoms with Crippen LogP contribution in [0.25, 0.3) is 0 Å². The maximum atomic E-state index is 12.7. The largest absolute Gasteiger partial charge is 0.368 e. The highest BCUT2D eigenvalue weighted by Gasteiger charge is 2.36. The standard InChI is InChI=1S/C18H24N2O2/c19-18(22)16-12-14-8-4-5-9-15(14)20(16)17(21)11-10-13-6-2-1-3-7-13/h4-5,8-9,13,16H,1-3,6-7,10-12H2,(H2,19,22)/t16-/m0/s1. The molecule has 0 radical (unpaired) electrons. The van der Waals surface area contributed by atoms with E-state index >= 15 is 0 Å². The average Bonchev–Trinajstić information content (AvgIpc) is 2.93. The minimum atomic E-state index is -0.517. The zero-order valence-corrected chi connectivity index (χ0v) is 13.0. The summed E-state index contributed by atoms with van der Waals surface area (Å²) in [6, 6.07) is 7.21. The second-order valence-corrected chi connectivity index (χ2v) is 6.56. The number of rotatable bonds is 4. The van der Waals surface area contributed by atoms with Gasteiger partial charge in [0.2, 0.25) is 11.8 Å². The molecule has 0 aromatic heterocycles. The summed E-state index contributed by atoms with van der Waals surface area (Å²) in [7, 11) is 0. The van der Waals surface area contributed by atoms with Crippen LogP contribution in [0.5, 0.6) is 0 Å². The van der Waals surface area contributed by atoms with Gasteiger partial charge in [-0.05, 0) is 24.0 Å². The van der Waals surface area contributed by atoms with E-state index in [0.717, 1.165) is 17.7 Å². The van der Waals surface area contributed by atoms with Crippen LogP contribution in [0.3, 0.4) is 0 Å². The first-order chi connectivity index (χ1) is 10.7. The second kappa shape index (κ2) is 6.51. The van der Waals surface area contributed by atoms with Crippen molar-refractivity contribution < 1.29 is 9.59 Å². The van der Waals surface area contributed by atoms with Gasteiger partial charge in [-0.1, -0.05) is 50.3 Å². The summed E-state index contributed by atoms with van der Waals surface area (Å²) in [5, 5.41) is 0. The summed E-state index contributed by atoms with van der Waals surface area (Å²) in [4.78, 5) is 26.0. The molecule has 1 aromatic rings. The Balaban J connectivity index is 1.70. The molecular formula is C18H24N2O2. The quantitative estimate of drug-likeness (QED) is 0.929. The van der Waals surface area contributed by atoms with E-state index < -0.39 is 11.9 Å². The van der Waals surface area contributed by atoms with Crippen LogP contribution in [0, 0.1) is 5.92 Å². The molecule has 1 aliphatic heterocycles. The van der Waals surface area contributed by atoms with Crippen molar-refractivity contribution in [3.63, 3.8) is 0 Å². The molecular weight excluding hydrogens is 276 g/mol. The van der Waals surface area contributed by atoms with Crippen molar-refractivity contribution in [1.82, 2.24) is 0 Å². The second-order valence-electron chi connectivity index (χ2n) is 6.56. The van der Waals surface area contributed by atoms with Crippen LogP contribution >= 0.6 is 0 Å². The summed E-state index contributed by atoms with van der Waals surface area (Å²) in [6.07, 6.45) is 8.37. The lowest BCUT2D eigenvalue weighted by Gasteiger charge is -2.25. The van der Waals surface area contributed by atoms with Crippen LogP contribution in [0.15, 0.2) is 24.3 Å². The SMILES string of the molecule is NC(=O)[C@@H]1Cc2ccccc2N1C(=O)CCC1CCCCC1. The molecule has 2 amide bonds. The smallest absolute Gasteiger partial charge is 0.240 e. The Hall–Kier alpha value is -1.84. The van der Waals surface area contributed by atoms with E-state index in [1.54, 1.807) is 4.90 Å². The van der Waals surface area contributed by atoms with Crippen molar-refractivity contribution in [3.05, 3.63) is 29.8 Å². The summed E-state index contributed by atoms with van der Waals surface area (Å²) in [6.45, 7) is 0. The van der Waals surface area contributed by atoms with E-state index in [2.05, 4.69) is 0 Å². The van der Waals surface area contributed by atoms with Gasteiger partial charge in [-0.2, -0.15) is 0 Å². The van der Waals surface area contributed by atoms with Crippen LogP contribution in [-0.2, 0) is 16.0 Å². The number of amides is 2. The van der Waals surface area contributed by atoms with Crippen molar-refractivity contribution in [1.29, 1.82) is 0 Å². The number of primary amides is 1. The minimum Gasteiger partial charge on any atom is -0.368 e. The van der Waals surface area contributed by atoms with Gasteiger partial charge in [0.05, 0.1) is 0 Å². The predicted molar refractivity (Wildman–Crippen MR) is 86.4 cm³/mol. The molecule has 0 unspecified atom stereocenters. The fourth-order valence-corrected chi connectivity index (χ4v) is 3.85. The summed E-state index contributed by atoms with van der Waals surface area (Å²) < 4.78 is 0. The van der Waals surface area contributed by atoms with Gasteiger partial charge in [0.1, 0.15) is 6.04 Å². The third kappa shape index (κ3) is 3.01. The van der Waals surface area contributed by atoms with E-state index in [1.165, 1.54) is 32.1 Å². The van der Waals surface area contributed by atoms with Crippen molar-refractivity contribution in [2.75, 3.05) is 4.90 Å². The Morgan fingerprint density at radius 1 is 1.14 bits per heavy atom. The van der Waals surface area contributed by atoms with Crippen molar-refractivity contribution >= 4 is 17.5 Å². The molecule has 0 saturated heterocycles. The van der Waals surface area contributed by atoms with Gasteiger partial charge in [0.25, 0.3) is 0 Å². The van der Waals surface area contributed by atoms with Crippen LogP contribution < -0.4 is 10.6 Å². The number of nitrogens with zero attached hydrogens (tertiary/aromatic N) is 1. The Labute approximate surface area is 131 Å². The lowest BCUT2D eigenvalue weighted by Crippen LogP contribution is -2.46. The number of carbonyl (C=O) groups is 2. The average molecular weight is 300 g/mol. The first-order valence-electron chi connectivity index (χ1n) is 8.36. The van der Waals surface area contributed by atoms with E-state index in [9.17, 15) is 9.59 Å². The molecule has 1 aliphatic carbocycles. The molecule has 0 bridgehead atoms. The molecule has 22 heavy (non-hydrogen) atoms. The van der Waals surface area contributed by atoms with E-state index in [-0.39, 0.29) is 5.91 Å². The number of carbonyl (C=O) groups excluding carboxylic acids is 2. The lowest BCUT2D eigenvalue weighted by molar-refractivity contribution is -0.124. The van der Waals surface area contributed by atoms with Crippen LogP contribution in [0.4, 0.5) is 5.69 Å². The zero-order valence-electron chi connectivity index (χ0n) is 13.0. The summed E-state index contributed by atoms with van der Waals surface area (Å²) >= 11 is 0. The Morgan fingerprint density at radius 2 is 1.86 bits per heavy atom. The first-order valence-corrected chi connectivity index (χ1v) is 8.36. The van der Waals surface area contributed by atoms with Gasteiger partial charge in [0, 0.05) is 18.5 Å². The summed E-state index contributed by atoms with van der Waals surface area (Å²) in [5.41, 5.74) is 7.41. The van der Waals surface area contributed by atoms with E-state index in [1.807, 2.05) is 24.3 Å². The minimum absolute atomic E-state index is 0.0410. The number of hydrogen-bond donors (Lipinski definition) is 1. The normalized spacial score (nSPS) is 21.6. The number of fused-ring (bicyclic) bond motifs is 1. The fourth-order valence-electron chi connectivity index (χ4n) is 3.85. The molecule has 3 rings (SSSR count). The van der Waals surface area contributed by atoms with E-state index in [4.69, 9.17) is 5.73 Å². The number of benzene rings is 1. The van der Waals surface area contributed by atoms with Gasteiger partial charge in [-0.25, -0.2) is 0 Å². The Kier molecular flexibility index (Phi) is 4.46. The molecule has 1 aromatic carbocycles. The molecule has 2 N–H and O–H groups in total. The molecule has 1 heterocycles. The highest BCUT2D eigenvalue weighted by Crippen LogP contribution is 2.34. The van der Waals surface area contributed by atoms with Gasteiger partial charge < -0.3 is 5.73 Å². The molecule has 4 heteroatoms. The molecule has 1 atom stereocenters. The topological polar surface area (TPSA) is 63.4 Å². The third-order valence-electron chi connectivity index (χ3n) is 5.06. The number of hydrogen-bond acceptors (Lipinski definition) is 2.